The number of aliphatic hydroxyl groups is 1. The third-order valence-electron chi connectivity index (χ3n) is 5.04. The molecule has 4 nitrogen and oxygen atoms in total. The van der Waals surface area contributed by atoms with Gasteiger partial charge in [-0.15, -0.1) is 0 Å². The fourth-order valence-electron chi connectivity index (χ4n) is 3.85. The minimum absolute atomic E-state index is 0.477. The first-order chi connectivity index (χ1) is 9.57. The second-order valence-corrected chi connectivity index (χ2v) is 6.06. The highest BCUT2D eigenvalue weighted by molar-refractivity contribution is 5.44. The first-order valence-corrected chi connectivity index (χ1v) is 7.24. The number of hydrogen-bond acceptors (Lipinski definition) is 4. The molecule has 2 bridgehead atoms. The van der Waals surface area contributed by atoms with Crippen LogP contribution in [-0.2, 0) is 5.60 Å². The molecule has 2 heterocycles. The van der Waals surface area contributed by atoms with Crippen molar-refractivity contribution in [2.75, 3.05) is 21.3 Å². The van der Waals surface area contributed by atoms with E-state index >= 15 is 0 Å². The third-order valence-corrected chi connectivity index (χ3v) is 5.04. The van der Waals surface area contributed by atoms with Crippen molar-refractivity contribution < 1.29 is 14.6 Å². The summed E-state index contributed by atoms with van der Waals surface area (Å²) in [6.45, 7) is 0. The molecule has 2 unspecified atom stereocenters. The van der Waals surface area contributed by atoms with Gasteiger partial charge in [0.25, 0.3) is 0 Å². The molecule has 2 atom stereocenters. The Kier molecular flexibility index (Phi) is 3.38. The predicted molar refractivity (Wildman–Crippen MR) is 77.2 cm³/mol. The fraction of sp³-hybridized carbons (Fsp3) is 0.625. The lowest BCUT2D eigenvalue weighted by atomic mass is 9.80. The van der Waals surface area contributed by atoms with Gasteiger partial charge in [-0.2, -0.15) is 0 Å². The van der Waals surface area contributed by atoms with E-state index in [1.807, 2.05) is 18.2 Å². The van der Waals surface area contributed by atoms with Gasteiger partial charge in [0.2, 0.25) is 0 Å². The quantitative estimate of drug-likeness (QED) is 0.919. The van der Waals surface area contributed by atoms with Crippen molar-refractivity contribution in [2.24, 2.45) is 0 Å². The molecule has 2 aliphatic rings. The molecule has 2 saturated heterocycles. The number of hydrogen-bond donors (Lipinski definition) is 1. The van der Waals surface area contributed by atoms with E-state index in [4.69, 9.17) is 9.47 Å². The average Bonchev–Trinajstić information content (AvgIpc) is 2.69. The number of rotatable bonds is 3. The van der Waals surface area contributed by atoms with Crippen LogP contribution in [0.25, 0.3) is 0 Å². The lowest BCUT2D eigenvalue weighted by Gasteiger charge is -2.42. The van der Waals surface area contributed by atoms with Gasteiger partial charge in [-0.25, -0.2) is 0 Å². The van der Waals surface area contributed by atoms with Crippen LogP contribution in [-0.4, -0.2) is 43.4 Å². The first kappa shape index (κ1) is 13.7. The van der Waals surface area contributed by atoms with Gasteiger partial charge in [0.15, 0.2) is 0 Å². The average molecular weight is 277 g/mol. The molecule has 0 aliphatic carbocycles. The summed E-state index contributed by atoms with van der Waals surface area (Å²) < 4.78 is 10.7. The van der Waals surface area contributed by atoms with Crippen molar-refractivity contribution in [1.29, 1.82) is 0 Å². The number of nitrogens with zero attached hydrogens (tertiary/aromatic N) is 1. The molecule has 3 rings (SSSR count). The van der Waals surface area contributed by atoms with Crippen LogP contribution in [0, 0.1) is 0 Å². The van der Waals surface area contributed by atoms with Crippen molar-refractivity contribution >= 4 is 0 Å². The third kappa shape index (κ3) is 2.07. The summed E-state index contributed by atoms with van der Waals surface area (Å²) in [7, 11) is 5.46. The highest BCUT2D eigenvalue weighted by Crippen LogP contribution is 2.47. The zero-order valence-electron chi connectivity index (χ0n) is 12.4. The molecule has 20 heavy (non-hydrogen) atoms. The van der Waals surface area contributed by atoms with Crippen LogP contribution in [0.1, 0.15) is 31.2 Å². The molecular weight excluding hydrogens is 254 g/mol. The summed E-state index contributed by atoms with van der Waals surface area (Å²) in [5, 5.41) is 11.2. The molecule has 2 aliphatic heterocycles. The number of piperidine rings is 1. The molecule has 1 aromatic carbocycles. The van der Waals surface area contributed by atoms with Crippen molar-refractivity contribution in [1.82, 2.24) is 4.90 Å². The Hall–Kier alpha value is -1.26. The molecule has 1 aromatic rings. The lowest BCUT2D eigenvalue weighted by molar-refractivity contribution is -0.0506. The summed E-state index contributed by atoms with van der Waals surface area (Å²) in [4.78, 5) is 2.42. The molecule has 110 valence electrons. The van der Waals surface area contributed by atoms with Gasteiger partial charge < -0.3 is 19.5 Å². The smallest absolute Gasteiger partial charge is 0.128 e. The SMILES string of the molecule is COc1ccc(C2(O)CC3CCC(C2)N3C)c(OC)c1. The first-order valence-electron chi connectivity index (χ1n) is 7.24. The Bertz CT molecular complexity index is 488. The Balaban J connectivity index is 1.96. The number of ether oxygens (including phenoxy) is 2. The number of fused-ring (bicyclic) bond motifs is 2. The van der Waals surface area contributed by atoms with Gasteiger partial charge in [0.05, 0.1) is 19.8 Å². The lowest BCUT2D eigenvalue weighted by Crippen LogP contribution is -2.47. The topological polar surface area (TPSA) is 41.9 Å². The monoisotopic (exact) mass is 277 g/mol. The summed E-state index contributed by atoms with van der Waals surface area (Å²) in [6.07, 6.45) is 3.93. The van der Waals surface area contributed by atoms with E-state index in [0.717, 1.165) is 29.9 Å². The van der Waals surface area contributed by atoms with Crippen molar-refractivity contribution in [3.05, 3.63) is 23.8 Å². The second kappa shape index (κ2) is 4.93. The molecule has 2 fully saturated rings. The number of methoxy groups -OCH3 is 2. The van der Waals surface area contributed by atoms with E-state index in [1.54, 1.807) is 14.2 Å². The van der Waals surface area contributed by atoms with Crippen LogP contribution in [0.4, 0.5) is 0 Å². The maximum absolute atomic E-state index is 11.2. The van der Waals surface area contributed by atoms with Crippen molar-refractivity contribution in [3.63, 3.8) is 0 Å². The van der Waals surface area contributed by atoms with Crippen LogP contribution in [0.15, 0.2) is 18.2 Å². The highest BCUT2D eigenvalue weighted by atomic mass is 16.5. The van der Waals surface area contributed by atoms with Gasteiger partial charge in [-0.1, -0.05) is 0 Å². The van der Waals surface area contributed by atoms with Crippen LogP contribution >= 0.6 is 0 Å². The fourth-order valence-corrected chi connectivity index (χ4v) is 3.85. The van der Waals surface area contributed by atoms with Crippen LogP contribution in [0.3, 0.4) is 0 Å². The second-order valence-electron chi connectivity index (χ2n) is 6.06. The van der Waals surface area contributed by atoms with Crippen molar-refractivity contribution in [3.8, 4) is 11.5 Å². The molecule has 0 radical (unpaired) electrons. The van der Waals surface area contributed by atoms with Gasteiger partial charge >= 0.3 is 0 Å². The highest BCUT2D eigenvalue weighted by Gasteiger charge is 2.47. The summed E-state index contributed by atoms with van der Waals surface area (Å²) in [5.74, 6) is 1.47. The molecule has 0 saturated carbocycles. The molecule has 4 heteroatoms. The standard InChI is InChI=1S/C16H23NO3/c1-17-11-4-5-12(17)10-16(18,9-11)14-7-6-13(19-2)8-15(14)20-3/h6-8,11-12,18H,4-5,9-10H2,1-3H3. The Labute approximate surface area is 120 Å². The molecule has 0 aromatic heterocycles. The van der Waals surface area contributed by atoms with Gasteiger partial charge in [0, 0.05) is 23.7 Å². The van der Waals surface area contributed by atoms with E-state index in [0.29, 0.717) is 12.1 Å². The van der Waals surface area contributed by atoms with E-state index in [1.165, 1.54) is 12.8 Å². The van der Waals surface area contributed by atoms with Gasteiger partial charge in [-0.3, -0.25) is 0 Å². The van der Waals surface area contributed by atoms with Crippen LogP contribution in [0.2, 0.25) is 0 Å². The van der Waals surface area contributed by atoms with Crippen molar-refractivity contribution in [2.45, 2.75) is 43.4 Å². The van der Waals surface area contributed by atoms with E-state index in [9.17, 15) is 5.11 Å². The Morgan fingerprint density at radius 3 is 2.35 bits per heavy atom. The summed E-state index contributed by atoms with van der Waals surface area (Å²) in [5.41, 5.74) is 0.112. The maximum atomic E-state index is 11.2. The summed E-state index contributed by atoms with van der Waals surface area (Å²) >= 11 is 0. The van der Waals surface area contributed by atoms with Crippen LogP contribution < -0.4 is 9.47 Å². The molecule has 1 N–H and O–H groups in total. The van der Waals surface area contributed by atoms with E-state index < -0.39 is 5.60 Å². The van der Waals surface area contributed by atoms with E-state index in [2.05, 4.69) is 11.9 Å². The summed E-state index contributed by atoms with van der Waals surface area (Å²) in [6, 6.07) is 6.66. The van der Waals surface area contributed by atoms with E-state index in [-0.39, 0.29) is 0 Å². The van der Waals surface area contributed by atoms with Crippen LogP contribution in [0.5, 0.6) is 11.5 Å². The van der Waals surface area contributed by atoms with Gasteiger partial charge in [-0.05, 0) is 44.9 Å². The Morgan fingerprint density at radius 2 is 1.80 bits per heavy atom. The van der Waals surface area contributed by atoms with Gasteiger partial charge in [0.1, 0.15) is 11.5 Å². The maximum Gasteiger partial charge on any atom is 0.128 e. The molecular formula is C16H23NO3. The zero-order chi connectivity index (χ0) is 14.3. The normalized spacial score (nSPS) is 33.2. The minimum Gasteiger partial charge on any atom is -0.497 e. The Morgan fingerprint density at radius 1 is 1.15 bits per heavy atom. The number of benzene rings is 1. The minimum atomic E-state index is -0.782. The predicted octanol–water partition coefficient (Wildman–Crippen LogP) is 2.15. The largest absolute Gasteiger partial charge is 0.497 e. The zero-order valence-corrected chi connectivity index (χ0v) is 12.4. The molecule has 0 amide bonds. The molecule has 0 spiro atoms.